The van der Waals surface area contributed by atoms with E-state index in [0.29, 0.717) is 13.0 Å². The van der Waals surface area contributed by atoms with E-state index in [9.17, 15) is 9.59 Å². The lowest BCUT2D eigenvalue weighted by Crippen LogP contribution is -2.39. The van der Waals surface area contributed by atoms with Gasteiger partial charge in [-0.15, -0.1) is 0 Å². The molecule has 0 saturated carbocycles. The van der Waals surface area contributed by atoms with Crippen LogP contribution in [0.4, 0.5) is 0 Å². The first-order valence-electron chi connectivity index (χ1n) is 16.6. The summed E-state index contributed by atoms with van der Waals surface area (Å²) in [6.07, 6.45) is 33.0. The summed E-state index contributed by atoms with van der Waals surface area (Å²) < 4.78 is 5.37. The van der Waals surface area contributed by atoms with Crippen molar-refractivity contribution in [3.05, 3.63) is 0 Å². The summed E-state index contributed by atoms with van der Waals surface area (Å²) in [5.41, 5.74) is 0. The van der Waals surface area contributed by atoms with E-state index in [1.165, 1.54) is 135 Å². The van der Waals surface area contributed by atoms with Crippen molar-refractivity contribution in [3.8, 4) is 0 Å². The van der Waals surface area contributed by atoms with Gasteiger partial charge in [-0.25, -0.2) is 4.79 Å². The molecule has 0 aromatic carbocycles. The van der Waals surface area contributed by atoms with E-state index < -0.39 is 6.04 Å². The second-order valence-electron chi connectivity index (χ2n) is 11.3. The summed E-state index contributed by atoms with van der Waals surface area (Å²) in [6, 6.07) is -0.549. The van der Waals surface area contributed by atoms with Crippen molar-refractivity contribution < 1.29 is 14.3 Å². The number of esters is 1. The highest BCUT2D eigenvalue weighted by molar-refractivity contribution is 5.84. The molecule has 0 unspecified atom stereocenters. The Morgan fingerprint density at radius 1 is 0.514 bits per heavy atom. The van der Waals surface area contributed by atoms with Gasteiger partial charge in [-0.3, -0.25) is 4.79 Å². The monoisotopic (exact) mass is 523 g/mol. The van der Waals surface area contributed by atoms with Crippen molar-refractivity contribution in [2.75, 3.05) is 6.61 Å². The normalized spacial score (nSPS) is 12.0. The molecule has 0 aliphatic heterocycles. The number of amides is 1. The largest absolute Gasteiger partial charge is 0.464 e. The van der Waals surface area contributed by atoms with Crippen LogP contribution in [0, 0.1) is 0 Å². The first-order chi connectivity index (χ1) is 18.1. The third-order valence-electron chi connectivity index (χ3n) is 7.48. The Labute approximate surface area is 231 Å². The molecule has 0 spiro atoms. The fraction of sp³-hybridized carbons (Fsp3) is 0.939. The average Bonchev–Trinajstić information content (AvgIpc) is 2.89. The van der Waals surface area contributed by atoms with E-state index >= 15 is 0 Å². The molecule has 0 saturated heterocycles. The van der Waals surface area contributed by atoms with Crippen molar-refractivity contribution in [1.29, 1.82) is 0 Å². The fourth-order valence-electron chi connectivity index (χ4n) is 4.92. The second-order valence-corrected chi connectivity index (χ2v) is 11.3. The maximum absolute atomic E-state index is 12.1. The molecule has 1 N–H and O–H groups in total. The maximum Gasteiger partial charge on any atom is 0.328 e. The maximum atomic E-state index is 12.1. The Hall–Kier alpha value is -1.06. The summed E-state index contributed by atoms with van der Waals surface area (Å²) in [7, 11) is 0. The molecule has 0 fully saturated rings. The predicted octanol–water partition coefficient (Wildman–Crippen LogP) is 10.2. The lowest BCUT2D eigenvalue weighted by molar-refractivity contribution is -0.147. The van der Waals surface area contributed by atoms with Gasteiger partial charge in [0.2, 0.25) is 5.91 Å². The van der Waals surface area contributed by atoms with Crippen LogP contribution in [0.25, 0.3) is 0 Å². The van der Waals surface area contributed by atoms with E-state index in [-0.39, 0.29) is 11.9 Å². The molecule has 0 aliphatic carbocycles. The zero-order valence-electron chi connectivity index (χ0n) is 25.4. The Balaban J connectivity index is 3.40. The number of hydrogen-bond donors (Lipinski definition) is 1. The molecule has 0 aromatic rings. The van der Waals surface area contributed by atoms with Crippen LogP contribution in [-0.4, -0.2) is 24.5 Å². The van der Waals surface area contributed by atoms with Gasteiger partial charge in [-0.2, -0.15) is 0 Å². The van der Waals surface area contributed by atoms with Gasteiger partial charge in [0.1, 0.15) is 6.04 Å². The Kier molecular flexibility index (Phi) is 28.7. The van der Waals surface area contributed by atoms with Gasteiger partial charge in [-0.1, -0.05) is 162 Å². The molecular formula is C33H65NO3. The number of carbonyl (C=O) groups excluding carboxylic acids is 2. The van der Waals surface area contributed by atoms with Gasteiger partial charge < -0.3 is 10.1 Å². The number of rotatable bonds is 29. The van der Waals surface area contributed by atoms with Crippen LogP contribution < -0.4 is 5.32 Å². The minimum atomic E-state index is -0.549. The molecule has 0 rings (SSSR count). The first-order valence-corrected chi connectivity index (χ1v) is 16.6. The van der Waals surface area contributed by atoms with Crippen molar-refractivity contribution in [2.45, 2.75) is 194 Å². The standard InChI is InChI=1S/C33H65NO3/c1-4-6-8-10-12-14-15-16-17-18-19-20-22-24-26-28-30-37-33(36)31(3)34-32(35)29-27-25-23-21-13-11-9-7-5-2/h31H,4-30H2,1-3H3,(H,34,35)/t31-/m0/s1. The number of ether oxygens (including phenoxy) is 1. The lowest BCUT2D eigenvalue weighted by Gasteiger charge is -2.13. The molecule has 1 amide bonds. The van der Waals surface area contributed by atoms with Crippen LogP contribution in [0.5, 0.6) is 0 Å². The summed E-state index contributed by atoms with van der Waals surface area (Å²) in [4.78, 5) is 24.2. The van der Waals surface area contributed by atoms with Gasteiger partial charge in [0.25, 0.3) is 0 Å². The van der Waals surface area contributed by atoms with E-state index in [2.05, 4.69) is 19.2 Å². The van der Waals surface area contributed by atoms with Crippen LogP contribution in [0.15, 0.2) is 0 Å². The summed E-state index contributed by atoms with van der Waals surface area (Å²) in [5, 5.41) is 2.80. The summed E-state index contributed by atoms with van der Waals surface area (Å²) in [5.74, 6) is -0.337. The molecule has 1 atom stereocenters. The molecule has 4 nitrogen and oxygen atoms in total. The van der Waals surface area contributed by atoms with Crippen molar-refractivity contribution in [1.82, 2.24) is 5.32 Å². The molecule has 0 heterocycles. The van der Waals surface area contributed by atoms with Gasteiger partial charge in [-0.05, 0) is 19.8 Å². The lowest BCUT2D eigenvalue weighted by atomic mass is 10.0. The topological polar surface area (TPSA) is 55.4 Å². The smallest absolute Gasteiger partial charge is 0.328 e. The van der Waals surface area contributed by atoms with E-state index in [4.69, 9.17) is 4.74 Å². The van der Waals surface area contributed by atoms with E-state index in [0.717, 1.165) is 25.7 Å². The predicted molar refractivity (Wildman–Crippen MR) is 160 cm³/mol. The molecular weight excluding hydrogens is 458 g/mol. The molecule has 37 heavy (non-hydrogen) atoms. The second kappa shape index (κ2) is 29.5. The molecule has 4 heteroatoms. The third kappa shape index (κ3) is 27.8. The van der Waals surface area contributed by atoms with Crippen molar-refractivity contribution in [3.63, 3.8) is 0 Å². The number of hydrogen-bond acceptors (Lipinski definition) is 3. The van der Waals surface area contributed by atoms with E-state index in [1.807, 2.05) is 0 Å². The highest BCUT2D eigenvalue weighted by Crippen LogP contribution is 2.14. The minimum Gasteiger partial charge on any atom is -0.464 e. The number of carbonyl (C=O) groups is 2. The van der Waals surface area contributed by atoms with Gasteiger partial charge in [0, 0.05) is 6.42 Å². The fourth-order valence-corrected chi connectivity index (χ4v) is 4.92. The highest BCUT2D eigenvalue weighted by atomic mass is 16.5. The van der Waals surface area contributed by atoms with Crippen LogP contribution in [0.1, 0.15) is 188 Å². The quantitative estimate of drug-likeness (QED) is 0.0783. The van der Waals surface area contributed by atoms with E-state index in [1.54, 1.807) is 6.92 Å². The zero-order chi connectivity index (χ0) is 27.2. The van der Waals surface area contributed by atoms with Crippen molar-refractivity contribution >= 4 is 11.9 Å². The Morgan fingerprint density at radius 3 is 1.22 bits per heavy atom. The molecule has 0 aliphatic rings. The number of unbranched alkanes of at least 4 members (excludes halogenated alkanes) is 23. The molecule has 220 valence electrons. The van der Waals surface area contributed by atoms with Gasteiger partial charge >= 0.3 is 5.97 Å². The van der Waals surface area contributed by atoms with Gasteiger partial charge in [0.15, 0.2) is 0 Å². The molecule has 0 bridgehead atoms. The van der Waals surface area contributed by atoms with Gasteiger partial charge in [0.05, 0.1) is 6.61 Å². The van der Waals surface area contributed by atoms with Crippen LogP contribution in [0.2, 0.25) is 0 Å². The highest BCUT2D eigenvalue weighted by Gasteiger charge is 2.16. The summed E-state index contributed by atoms with van der Waals surface area (Å²) in [6.45, 7) is 6.72. The summed E-state index contributed by atoms with van der Waals surface area (Å²) >= 11 is 0. The zero-order valence-corrected chi connectivity index (χ0v) is 25.4. The Bertz CT molecular complexity index is 494. The molecule has 0 radical (unpaired) electrons. The Morgan fingerprint density at radius 2 is 0.838 bits per heavy atom. The van der Waals surface area contributed by atoms with Crippen LogP contribution in [-0.2, 0) is 14.3 Å². The third-order valence-corrected chi connectivity index (χ3v) is 7.48. The minimum absolute atomic E-state index is 0.0326. The molecule has 0 aromatic heterocycles. The number of nitrogens with one attached hydrogen (secondary N) is 1. The van der Waals surface area contributed by atoms with Crippen LogP contribution >= 0.6 is 0 Å². The van der Waals surface area contributed by atoms with Crippen molar-refractivity contribution in [2.24, 2.45) is 0 Å². The van der Waals surface area contributed by atoms with Crippen LogP contribution in [0.3, 0.4) is 0 Å². The SMILES string of the molecule is CCCCCCCCCCCCCCCCCCOC(=O)[C@H](C)NC(=O)CCCCCCCCCCC. The first kappa shape index (κ1) is 35.9. The average molecular weight is 524 g/mol.